The van der Waals surface area contributed by atoms with Gasteiger partial charge in [0.25, 0.3) is 0 Å². The fraction of sp³-hybridized carbons (Fsp3) is 0.385. The number of carbonyl (C=O) groups is 1. The number of hydrogen-bond acceptors (Lipinski definition) is 3. The van der Waals surface area contributed by atoms with Crippen molar-refractivity contribution >= 4 is 5.91 Å². The van der Waals surface area contributed by atoms with Gasteiger partial charge in [-0.1, -0.05) is 6.07 Å². The molecule has 0 saturated heterocycles. The van der Waals surface area contributed by atoms with E-state index in [0.717, 1.165) is 17.5 Å². The molecule has 0 bridgehead atoms. The zero-order chi connectivity index (χ0) is 13.4. The van der Waals surface area contributed by atoms with Gasteiger partial charge in [0.2, 0.25) is 5.91 Å². The number of aryl methyl sites for hydroxylation is 1. The van der Waals surface area contributed by atoms with Crippen LogP contribution in [0, 0.1) is 24.1 Å². The Morgan fingerprint density at radius 1 is 1.50 bits per heavy atom. The molecule has 0 aliphatic heterocycles. The number of carbonyl (C=O) groups excluding carboxylic acids is 1. The van der Waals surface area contributed by atoms with Gasteiger partial charge in [-0.2, -0.15) is 5.26 Å². The van der Waals surface area contributed by atoms with Crippen molar-refractivity contribution in [2.24, 2.45) is 0 Å². The Bertz CT molecular complexity index is 454. The molecule has 0 spiro atoms. The molecule has 0 heterocycles. The van der Waals surface area contributed by atoms with Gasteiger partial charge >= 0.3 is 0 Å². The molecule has 1 amide bonds. The van der Waals surface area contributed by atoms with Crippen molar-refractivity contribution in [3.8, 4) is 6.07 Å². The first-order valence-electron chi connectivity index (χ1n) is 5.73. The highest BCUT2D eigenvalue weighted by molar-refractivity contribution is 5.78. The lowest BCUT2D eigenvalue weighted by molar-refractivity contribution is -0.120. The first-order chi connectivity index (χ1) is 8.63. The van der Waals surface area contributed by atoms with Crippen LogP contribution in [0.3, 0.4) is 0 Å². The lowest BCUT2D eigenvalue weighted by Crippen LogP contribution is -2.34. The molecule has 5 heteroatoms. The molecule has 1 aromatic carbocycles. The average molecular weight is 249 g/mol. The summed E-state index contributed by atoms with van der Waals surface area (Å²) in [5.41, 5.74) is 1.96. The van der Waals surface area contributed by atoms with Gasteiger partial charge in [0.1, 0.15) is 12.4 Å². The number of rotatable bonds is 6. The van der Waals surface area contributed by atoms with Crippen LogP contribution in [0.5, 0.6) is 0 Å². The standard InChI is InChI=1S/C13H16FN3O/c1-10-8-12(14)3-2-11(10)4-6-16-9-13(18)17-7-5-15/h2-3,8,16H,4,6-7,9H2,1H3,(H,17,18). The molecule has 0 atom stereocenters. The van der Waals surface area contributed by atoms with Crippen molar-refractivity contribution < 1.29 is 9.18 Å². The lowest BCUT2D eigenvalue weighted by Gasteiger charge is -2.07. The fourth-order valence-electron chi connectivity index (χ4n) is 1.57. The summed E-state index contributed by atoms with van der Waals surface area (Å²) in [6.07, 6.45) is 0.734. The van der Waals surface area contributed by atoms with Crippen LogP contribution in [0.4, 0.5) is 4.39 Å². The fourth-order valence-corrected chi connectivity index (χ4v) is 1.57. The van der Waals surface area contributed by atoms with E-state index in [9.17, 15) is 9.18 Å². The third-order valence-corrected chi connectivity index (χ3v) is 2.53. The van der Waals surface area contributed by atoms with E-state index >= 15 is 0 Å². The number of benzene rings is 1. The molecule has 0 aliphatic rings. The normalized spacial score (nSPS) is 9.83. The third kappa shape index (κ3) is 4.93. The third-order valence-electron chi connectivity index (χ3n) is 2.53. The van der Waals surface area contributed by atoms with E-state index in [4.69, 9.17) is 5.26 Å². The Kier molecular flexibility index (Phi) is 5.81. The second kappa shape index (κ2) is 7.41. The molecule has 1 aromatic rings. The number of hydrogen-bond donors (Lipinski definition) is 2. The first kappa shape index (κ1) is 14.1. The van der Waals surface area contributed by atoms with Crippen molar-refractivity contribution in [1.29, 1.82) is 5.26 Å². The van der Waals surface area contributed by atoms with Crippen molar-refractivity contribution in [1.82, 2.24) is 10.6 Å². The van der Waals surface area contributed by atoms with Gasteiger partial charge in [-0.25, -0.2) is 4.39 Å². The molecule has 0 saturated carbocycles. The lowest BCUT2D eigenvalue weighted by atomic mass is 10.1. The van der Waals surface area contributed by atoms with E-state index in [1.807, 2.05) is 13.0 Å². The Hall–Kier alpha value is -1.93. The molecule has 0 radical (unpaired) electrons. The summed E-state index contributed by atoms with van der Waals surface area (Å²) in [6, 6.07) is 6.51. The van der Waals surface area contributed by atoms with Crippen LogP contribution < -0.4 is 10.6 Å². The second-order valence-corrected chi connectivity index (χ2v) is 3.93. The number of nitrogens with one attached hydrogen (secondary N) is 2. The molecule has 1 rings (SSSR count). The topological polar surface area (TPSA) is 64.9 Å². The van der Waals surface area contributed by atoms with E-state index < -0.39 is 0 Å². The molecular weight excluding hydrogens is 233 g/mol. The maximum atomic E-state index is 12.9. The van der Waals surface area contributed by atoms with Crippen molar-refractivity contribution in [3.05, 3.63) is 35.1 Å². The summed E-state index contributed by atoms with van der Waals surface area (Å²) < 4.78 is 12.9. The number of amides is 1. The molecule has 0 aliphatic carbocycles. The van der Waals surface area contributed by atoms with Gasteiger partial charge in [-0.05, 0) is 43.1 Å². The number of nitriles is 1. The Labute approximate surface area is 106 Å². The largest absolute Gasteiger partial charge is 0.342 e. The van der Waals surface area contributed by atoms with Crippen molar-refractivity contribution in [2.45, 2.75) is 13.3 Å². The smallest absolute Gasteiger partial charge is 0.234 e. The average Bonchev–Trinajstić information content (AvgIpc) is 2.34. The first-order valence-corrected chi connectivity index (χ1v) is 5.73. The zero-order valence-electron chi connectivity index (χ0n) is 10.3. The van der Waals surface area contributed by atoms with Gasteiger partial charge in [-0.3, -0.25) is 4.79 Å². The monoisotopic (exact) mass is 249 g/mol. The highest BCUT2D eigenvalue weighted by Crippen LogP contribution is 2.10. The summed E-state index contributed by atoms with van der Waals surface area (Å²) in [5.74, 6) is -0.438. The van der Waals surface area contributed by atoms with Crippen LogP contribution in [0.2, 0.25) is 0 Å². The Morgan fingerprint density at radius 2 is 2.28 bits per heavy atom. The van der Waals surface area contributed by atoms with E-state index in [0.29, 0.717) is 6.54 Å². The maximum Gasteiger partial charge on any atom is 0.234 e. The van der Waals surface area contributed by atoms with Gasteiger partial charge in [-0.15, -0.1) is 0 Å². The molecule has 96 valence electrons. The maximum absolute atomic E-state index is 12.9. The molecule has 2 N–H and O–H groups in total. The summed E-state index contributed by atoms with van der Waals surface area (Å²) in [6.45, 7) is 2.70. The summed E-state index contributed by atoms with van der Waals surface area (Å²) in [7, 11) is 0. The molecule has 0 unspecified atom stereocenters. The van der Waals surface area contributed by atoms with Crippen LogP contribution >= 0.6 is 0 Å². The Morgan fingerprint density at radius 3 is 2.94 bits per heavy atom. The van der Waals surface area contributed by atoms with E-state index in [1.54, 1.807) is 6.07 Å². The predicted molar refractivity (Wildman–Crippen MR) is 66.3 cm³/mol. The van der Waals surface area contributed by atoms with Crippen LogP contribution in [-0.2, 0) is 11.2 Å². The molecule has 0 aromatic heterocycles. The van der Waals surface area contributed by atoms with E-state index in [1.165, 1.54) is 12.1 Å². The minimum atomic E-state index is -0.236. The second-order valence-electron chi connectivity index (χ2n) is 3.93. The minimum Gasteiger partial charge on any atom is -0.342 e. The van der Waals surface area contributed by atoms with E-state index in [2.05, 4.69) is 10.6 Å². The number of nitrogens with zero attached hydrogens (tertiary/aromatic N) is 1. The van der Waals surface area contributed by atoms with Gasteiger partial charge in [0.15, 0.2) is 0 Å². The predicted octanol–water partition coefficient (Wildman–Crippen LogP) is 0.906. The van der Waals surface area contributed by atoms with Gasteiger partial charge in [0, 0.05) is 0 Å². The SMILES string of the molecule is Cc1cc(F)ccc1CCNCC(=O)NCC#N. The number of halogens is 1. The Balaban J connectivity index is 2.26. The highest BCUT2D eigenvalue weighted by atomic mass is 19.1. The molecule has 18 heavy (non-hydrogen) atoms. The van der Waals surface area contributed by atoms with Crippen molar-refractivity contribution in [2.75, 3.05) is 19.6 Å². The van der Waals surface area contributed by atoms with Crippen LogP contribution in [0.15, 0.2) is 18.2 Å². The highest BCUT2D eigenvalue weighted by Gasteiger charge is 2.01. The molecule has 0 fully saturated rings. The molecule has 4 nitrogen and oxygen atoms in total. The zero-order valence-corrected chi connectivity index (χ0v) is 10.3. The summed E-state index contributed by atoms with van der Waals surface area (Å²) >= 11 is 0. The molecular formula is C13H16FN3O. The minimum absolute atomic E-state index is 0.0254. The summed E-state index contributed by atoms with van der Waals surface area (Å²) in [5, 5.41) is 13.7. The summed E-state index contributed by atoms with van der Waals surface area (Å²) in [4.78, 5) is 11.2. The van der Waals surface area contributed by atoms with Gasteiger partial charge in [0.05, 0.1) is 12.6 Å². The quantitative estimate of drug-likeness (QED) is 0.581. The van der Waals surface area contributed by atoms with Crippen LogP contribution in [0.25, 0.3) is 0 Å². The van der Waals surface area contributed by atoms with E-state index in [-0.39, 0.29) is 24.8 Å². The van der Waals surface area contributed by atoms with Crippen molar-refractivity contribution in [3.63, 3.8) is 0 Å². The van der Waals surface area contributed by atoms with Crippen LogP contribution in [-0.4, -0.2) is 25.5 Å². The van der Waals surface area contributed by atoms with Crippen LogP contribution in [0.1, 0.15) is 11.1 Å². The van der Waals surface area contributed by atoms with Gasteiger partial charge < -0.3 is 10.6 Å².